The smallest absolute Gasteiger partial charge is 0.423 e. The van der Waals surface area contributed by atoms with Crippen molar-refractivity contribution in [3.8, 4) is 11.5 Å². The number of carboxylic acids is 1. The van der Waals surface area contributed by atoms with Crippen molar-refractivity contribution in [1.82, 2.24) is 9.55 Å². The number of hydrogen-bond donors (Lipinski definition) is 2. The van der Waals surface area contributed by atoms with E-state index in [9.17, 15) is 32.3 Å². The predicted octanol–water partition coefficient (Wildman–Crippen LogP) is 5.64. The lowest BCUT2D eigenvalue weighted by Gasteiger charge is -2.18. The van der Waals surface area contributed by atoms with Crippen LogP contribution in [0.3, 0.4) is 0 Å². The van der Waals surface area contributed by atoms with E-state index in [1.165, 1.54) is 38.5 Å². The second kappa shape index (κ2) is 11.7. The number of rotatable bonds is 7. The summed E-state index contributed by atoms with van der Waals surface area (Å²) < 4.78 is 60.9. The number of aryl methyl sites for hydroxylation is 1. The lowest BCUT2D eigenvalue weighted by molar-refractivity contribution is -0.140. The van der Waals surface area contributed by atoms with E-state index in [2.05, 4.69) is 4.98 Å². The minimum atomic E-state index is -4.97. The van der Waals surface area contributed by atoms with Gasteiger partial charge in [-0.05, 0) is 18.2 Å². The fraction of sp³-hybridized carbons (Fsp3) is 0.292. The number of aromatic carboxylic acids is 1. The monoisotopic (exact) mass is 510 g/mol. The average Bonchev–Trinajstić information content (AvgIpc) is 3.24. The normalized spacial score (nSPS) is 11.1. The highest BCUT2D eigenvalue weighted by atomic mass is 19.4. The van der Waals surface area contributed by atoms with Gasteiger partial charge in [0.1, 0.15) is 29.5 Å². The van der Waals surface area contributed by atoms with Crippen LogP contribution in [0.15, 0.2) is 42.9 Å². The molecule has 0 saturated carbocycles. The molecule has 2 aromatic carbocycles. The summed E-state index contributed by atoms with van der Waals surface area (Å²) in [5.41, 5.74) is 5.75. The number of ketones is 1. The van der Waals surface area contributed by atoms with Gasteiger partial charge in [0, 0.05) is 24.7 Å². The van der Waals surface area contributed by atoms with Gasteiger partial charge < -0.3 is 25.3 Å². The van der Waals surface area contributed by atoms with Crippen molar-refractivity contribution < 1.29 is 42.1 Å². The van der Waals surface area contributed by atoms with E-state index in [4.69, 9.17) is 15.6 Å². The second-order valence-corrected chi connectivity index (χ2v) is 7.97. The maximum absolute atomic E-state index is 13.9. The zero-order valence-electron chi connectivity index (χ0n) is 19.6. The van der Waals surface area contributed by atoms with Gasteiger partial charge in [0.05, 0.1) is 11.9 Å². The third kappa shape index (κ3) is 7.04. The van der Waals surface area contributed by atoms with Gasteiger partial charge >= 0.3 is 12.1 Å². The van der Waals surface area contributed by atoms with Crippen LogP contribution in [-0.2, 0) is 26.4 Å². The highest BCUT2D eigenvalue weighted by Gasteiger charge is 2.40. The quantitative estimate of drug-likeness (QED) is 0.313. The number of carbonyl (C=O) groups is 2. The van der Waals surface area contributed by atoms with Crippen LogP contribution >= 0.6 is 0 Å². The zero-order valence-corrected chi connectivity index (χ0v) is 19.6. The molecule has 0 fully saturated rings. The predicted molar refractivity (Wildman–Crippen MR) is 121 cm³/mol. The van der Waals surface area contributed by atoms with Gasteiger partial charge in [-0.15, -0.1) is 6.54 Å². The number of phenolic OH excluding ortho intramolecular Hbond substituents is 1. The Balaban J connectivity index is 0.000000425. The Bertz CT molecular complexity index is 1240. The van der Waals surface area contributed by atoms with E-state index < -0.39 is 58.9 Å². The summed E-state index contributed by atoms with van der Waals surface area (Å²) in [7, 11) is 1.72. The number of phenols is 1. The first-order chi connectivity index (χ1) is 16.8. The first kappa shape index (κ1) is 28.3. The first-order valence-corrected chi connectivity index (χ1v) is 10.5. The average molecular weight is 510 g/mol. The van der Waals surface area contributed by atoms with Crippen molar-refractivity contribution in [3.05, 3.63) is 82.4 Å². The Morgan fingerprint density at radius 1 is 1.19 bits per heavy atom. The van der Waals surface area contributed by atoms with Gasteiger partial charge in [-0.25, -0.2) is 14.2 Å². The number of aromatic hydroxyl groups is 1. The molecule has 0 atom stereocenters. The molecule has 3 rings (SSSR count). The summed E-state index contributed by atoms with van der Waals surface area (Å²) in [6, 6.07) is 5.90. The molecule has 12 heteroatoms. The van der Waals surface area contributed by atoms with E-state index >= 15 is 0 Å². The number of imidazole rings is 1. The number of Topliss-reactive ketones (excluding diaryl/α,β-unsaturated/α-hetero) is 1. The molecule has 8 nitrogen and oxygen atoms in total. The van der Waals surface area contributed by atoms with E-state index in [-0.39, 0.29) is 17.8 Å². The van der Waals surface area contributed by atoms with Crippen LogP contribution in [0.2, 0.25) is 0 Å². The Kier molecular flexibility index (Phi) is 9.17. The zero-order chi connectivity index (χ0) is 27.2. The van der Waals surface area contributed by atoms with Crippen LogP contribution < -0.4 is 4.74 Å². The van der Waals surface area contributed by atoms with Crippen LogP contribution in [-0.4, -0.2) is 31.5 Å². The van der Waals surface area contributed by atoms with Gasteiger partial charge in [0.2, 0.25) is 0 Å². The molecule has 0 radical (unpaired) electrons. The Hall–Kier alpha value is -3.93. The van der Waals surface area contributed by atoms with E-state index in [1.807, 2.05) is 0 Å². The number of halogens is 4. The molecule has 0 bridgehead atoms. The van der Waals surface area contributed by atoms with Gasteiger partial charge in [-0.3, -0.25) is 4.79 Å². The number of alkyl halides is 3. The van der Waals surface area contributed by atoms with Crippen LogP contribution in [0, 0.1) is 11.7 Å². The molecule has 3 N–H and O–H groups in total. The summed E-state index contributed by atoms with van der Waals surface area (Å²) in [5, 5.41) is 18.4. The van der Waals surface area contributed by atoms with Crippen LogP contribution in [0.25, 0.3) is 5.73 Å². The Morgan fingerprint density at radius 3 is 2.31 bits per heavy atom. The van der Waals surface area contributed by atoms with Crippen molar-refractivity contribution in [1.29, 1.82) is 0 Å². The lowest BCUT2D eigenvalue weighted by Crippen LogP contribution is -2.14. The number of carbonyl (C=O) groups excluding carboxylic acids is 1. The van der Waals surface area contributed by atoms with Crippen molar-refractivity contribution in [3.63, 3.8) is 0 Å². The summed E-state index contributed by atoms with van der Waals surface area (Å²) in [6.07, 6.45) is -2.08. The fourth-order valence-corrected chi connectivity index (χ4v) is 2.97. The number of aromatic nitrogens is 2. The minimum Gasteiger partial charge on any atom is -0.674 e. The van der Waals surface area contributed by atoms with Gasteiger partial charge in [-0.2, -0.15) is 13.2 Å². The second-order valence-electron chi connectivity index (χ2n) is 7.97. The fourth-order valence-electron chi connectivity index (χ4n) is 2.97. The largest absolute Gasteiger partial charge is 0.674 e. The van der Waals surface area contributed by atoms with Crippen LogP contribution in [0.4, 0.5) is 17.6 Å². The number of nitrogens with one attached hydrogen (secondary N) is 1. The minimum absolute atomic E-state index is 0.00199. The van der Waals surface area contributed by atoms with Crippen LogP contribution in [0.5, 0.6) is 11.5 Å². The van der Waals surface area contributed by atoms with Crippen molar-refractivity contribution in [2.24, 2.45) is 13.0 Å². The SMILES string of the molecule is CC(C)C(=O)c1ccc(OCc2ccc(C[NH-])cc2F)c(C(F)(F)F)c1O.Cn1cnc(C(=O)O)c1. The number of ether oxygens (including phenoxy) is 1. The van der Waals surface area contributed by atoms with Crippen molar-refractivity contribution in [2.75, 3.05) is 0 Å². The van der Waals surface area contributed by atoms with Gasteiger partial charge in [-0.1, -0.05) is 31.5 Å². The Morgan fingerprint density at radius 2 is 1.86 bits per heavy atom. The molecular weight excluding hydrogens is 486 g/mol. The lowest BCUT2D eigenvalue weighted by atomic mass is 9.97. The first-order valence-electron chi connectivity index (χ1n) is 10.5. The van der Waals surface area contributed by atoms with Crippen LogP contribution in [0.1, 0.15) is 51.4 Å². The summed E-state index contributed by atoms with van der Waals surface area (Å²) in [6.45, 7) is 2.37. The molecule has 0 unspecified atom stereocenters. The highest BCUT2D eigenvalue weighted by Crippen LogP contribution is 2.44. The maximum atomic E-state index is 13.9. The maximum Gasteiger partial charge on any atom is 0.423 e. The number of carboxylic acid groups (broad SMARTS) is 1. The molecule has 0 aliphatic carbocycles. The number of nitrogens with zero attached hydrogens (tertiary/aromatic N) is 2. The molecule has 1 aromatic heterocycles. The molecule has 36 heavy (non-hydrogen) atoms. The molecule has 0 spiro atoms. The van der Waals surface area contributed by atoms with Crippen molar-refractivity contribution >= 4 is 11.8 Å². The third-order valence-corrected chi connectivity index (χ3v) is 4.84. The topological polar surface area (TPSA) is 125 Å². The molecule has 0 amide bonds. The summed E-state index contributed by atoms with van der Waals surface area (Å²) in [4.78, 5) is 25.7. The van der Waals surface area contributed by atoms with E-state index in [1.54, 1.807) is 11.6 Å². The van der Waals surface area contributed by atoms with Gasteiger partial charge in [0.15, 0.2) is 11.5 Å². The molecule has 0 aliphatic rings. The molecule has 194 valence electrons. The third-order valence-electron chi connectivity index (χ3n) is 4.84. The van der Waals surface area contributed by atoms with Crippen molar-refractivity contribution in [2.45, 2.75) is 33.2 Å². The molecule has 3 aromatic rings. The molecule has 0 saturated heterocycles. The van der Waals surface area contributed by atoms with Gasteiger partial charge in [0.25, 0.3) is 0 Å². The highest BCUT2D eigenvalue weighted by molar-refractivity contribution is 6.00. The van der Waals surface area contributed by atoms with E-state index in [0.29, 0.717) is 5.56 Å². The molecule has 1 heterocycles. The summed E-state index contributed by atoms with van der Waals surface area (Å²) in [5.74, 6) is -4.84. The number of hydrogen-bond acceptors (Lipinski definition) is 5. The molecular formula is C24H24F4N3O5-. The standard InChI is InChI=1S/C19H18F4NO3.C5H6N2O2/c1-10(2)17(25)13-5-6-15(16(18(13)26)19(21,22)23)27-9-12-4-3-11(8-24)7-14(12)20;1-7-2-4(5(8)9)6-3-7/h3-7,10,24,26H,8-9H2,1-2H3;2-3H,1H3,(H,8,9)/q-1;. The summed E-state index contributed by atoms with van der Waals surface area (Å²) >= 11 is 0. The Labute approximate surface area is 204 Å². The number of benzene rings is 2. The van der Waals surface area contributed by atoms with E-state index in [0.717, 1.165) is 18.2 Å². The molecule has 0 aliphatic heterocycles.